The Labute approximate surface area is 277 Å². The molecular weight excluding hydrogens is 626 g/mol. The van der Waals surface area contributed by atoms with Crippen molar-refractivity contribution >= 4 is 35.5 Å². The zero-order valence-corrected chi connectivity index (χ0v) is 27.3. The summed E-state index contributed by atoms with van der Waals surface area (Å²) in [6.07, 6.45) is 6.74. The average molecular weight is 668 g/mol. The molecule has 0 radical (unpaired) electrons. The highest BCUT2D eigenvalue weighted by Crippen LogP contribution is 2.26. The van der Waals surface area contributed by atoms with E-state index >= 15 is 0 Å². The molecule has 258 valence electrons. The molecule has 0 aromatic carbocycles. The SMILES string of the molecule is CC1=C\C(O)CC(=O)Cc2nc(co2)C(=O)N2CCCC2C(=O)OC(C(C)COC(=O)Nc2cc(C)on2)C(C)/C=C/C(=O)NC\C=C\1. The van der Waals surface area contributed by atoms with Crippen molar-refractivity contribution in [1.29, 1.82) is 0 Å². The molecule has 2 aromatic rings. The van der Waals surface area contributed by atoms with Crippen molar-refractivity contribution in [1.82, 2.24) is 20.4 Å². The summed E-state index contributed by atoms with van der Waals surface area (Å²) in [7, 11) is 0. The maximum Gasteiger partial charge on any atom is 0.412 e. The van der Waals surface area contributed by atoms with Crippen LogP contribution in [0.15, 0.2) is 57.2 Å². The number of allylic oxidation sites excluding steroid dienone is 2. The summed E-state index contributed by atoms with van der Waals surface area (Å²) in [4.78, 5) is 70.1. The van der Waals surface area contributed by atoms with Crippen LogP contribution in [0.3, 0.4) is 0 Å². The number of aliphatic hydroxyl groups excluding tert-OH is 1. The Balaban J connectivity index is 1.54. The number of carbonyl (C=O) groups is 5. The zero-order chi connectivity index (χ0) is 34.8. The predicted molar refractivity (Wildman–Crippen MR) is 169 cm³/mol. The number of aliphatic hydroxyl groups is 1. The zero-order valence-electron chi connectivity index (χ0n) is 27.3. The van der Waals surface area contributed by atoms with E-state index in [1.807, 2.05) is 0 Å². The van der Waals surface area contributed by atoms with Crippen molar-refractivity contribution in [3.05, 3.63) is 65.6 Å². The minimum atomic E-state index is -1.05. The van der Waals surface area contributed by atoms with Crippen LogP contribution >= 0.6 is 0 Å². The Bertz CT molecular complexity index is 1570. The van der Waals surface area contributed by atoms with Crippen LogP contribution in [0.1, 0.15) is 62.2 Å². The second-order valence-corrected chi connectivity index (χ2v) is 12.0. The van der Waals surface area contributed by atoms with Crippen molar-refractivity contribution in [2.75, 3.05) is 25.0 Å². The monoisotopic (exact) mass is 667 g/mol. The molecule has 2 bridgehead atoms. The molecule has 0 aliphatic carbocycles. The molecule has 5 unspecified atom stereocenters. The summed E-state index contributed by atoms with van der Waals surface area (Å²) < 4.78 is 21.7. The molecule has 0 spiro atoms. The largest absolute Gasteiger partial charge is 0.460 e. The lowest BCUT2D eigenvalue weighted by Gasteiger charge is -2.30. The molecule has 1 fully saturated rings. The normalized spacial score (nSPS) is 26.4. The number of aryl methyl sites for hydroxylation is 1. The fraction of sp³-hybridized carbons (Fsp3) is 0.485. The molecule has 0 saturated carbocycles. The van der Waals surface area contributed by atoms with Gasteiger partial charge >= 0.3 is 12.1 Å². The van der Waals surface area contributed by atoms with Gasteiger partial charge in [0.1, 0.15) is 30.0 Å². The summed E-state index contributed by atoms with van der Waals surface area (Å²) in [5.74, 6) is -2.31. The smallest absolute Gasteiger partial charge is 0.412 e. The van der Waals surface area contributed by atoms with E-state index in [0.29, 0.717) is 24.2 Å². The number of carbonyl (C=O) groups excluding carboxylic acids is 5. The van der Waals surface area contributed by atoms with E-state index in [2.05, 4.69) is 20.8 Å². The van der Waals surface area contributed by atoms with Gasteiger partial charge in [0.25, 0.3) is 5.91 Å². The fourth-order valence-electron chi connectivity index (χ4n) is 5.42. The molecule has 4 heterocycles. The highest BCUT2D eigenvalue weighted by atomic mass is 16.6. The molecule has 4 rings (SSSR count). The van der Waals surface area contributed by atoms with Crippen LogP contribution < -0.4 is 10.6 Å². The molecule has 3 N–H and O–H groups in total. The molecule has 5 atom stereocenters. The Morgan fingerprint density at radius 3 is 2.77 bits per heavy atom. The van der Waals surface area contributed by atoms with Crippen LogP contribution in [0.5, 0.6) is 0 Å². The Hall–Kier alpha value is -5.05. The highest BCUT2D eigenvalue weighted by molar-refractivity contribution is 5.95. The number of aromatic nitrogens is 2. The van der Waals surface area contributed by atoms with E-state index in [4.69, 9.17) is 18.4 Å². The number of oxazole rings is 1. The van der Waals surface area contributed by atoms with Gasteiger partial charge in [-0.05, 0) is 32.8 Å². The maximum atomic E-state index is 13.6. The van der Waals surface area contributed by atoms with Gasteiger partial charge in [0, 0.05) is 37.4 Å². The van der Waals surface area contributed by atoms with E-state index in [0.717, 1.165) is 6.26 Å². The summed E-state index contributed by atoms with van der Waals surface area (Å²) in [5.41, 5.74) is 0.619. The quantitative estimate of drug-likeness (QED) is 0.403. The minimum absolute atomic E-state index is 0.0147. The maximum absolute atomic E-state index is 13.6. The third-order valence-electron chi connectivity index (χ3n) is 7.79. The number of nitrogens with zero attached hydrogens (tertiary/aromatic N) is 3. The first-order chi connectivity index (χ1) is 22.9. The Morgan fingerprint density at radius 2 is 2.02 bits per heavy atom. The number of hydrogen-bond acceptors (Lipinski definition) is 12. The molecule has 48 heavy (non-hydrogen) atoms. The number of ketones is 1. The molecule has 1 saturated heterocycles. The van der Waals surface area contributed by atoms with Crippen LogP contribution in [-0.4, -0.2) is 87.8 Å². The number of rotatable bonds is 4. The Morgan fingerprint density at radius 1 is 1.23 bits per heavy atom. The van der Waals surface area contributed by atoms with Gasteiger partial charge in [0.15, 0.2) is 11.5 Å². The summed E-state index contributed by atoms with van der Waals surface area (Å²) in [5, 5.41) is 19.2. The fourth-order valence-corrected chi connectivity index (χ4v) is 5.42. The van der Waals surface area contributed by atoms with Gasteiger partial charge < -0.3 is 33.7 Å². The first-order valence-electron chi connectivity index (χ1n) is 15.7. The Kier molecular flexibility index (Phi) is 12.4. The van der Waals surface area contributed by atoms with Gasteiger partial charge in [-0.15, -0.1) is 0 Å². The standard InChI is InChI=1S/C33H41N5O10/c1-19-7-5-11-34-28(41)10-9-20(2)30(21(3)17-46-33(44)36-27-14-22(4)48-37-27)47-32(43)26-8-6-12-38(26)31(42)25-18-45-29(35-25)16-24(40)15-23(39)13-19/h5,7,9-10,13-14,18,20-21,23,26,30,39H,6,8,11-12,15-17H2,1-4H3,(H,34,41)(H,36,37,44)/b7-5+,10-9+,19-13+. The number of hydrogen-bond donors (Lipinski definition) is 3. The van der Waals surface area contributed by atoms with Gasteiger partial charge in [0.2, 0.25) is 11.8 Å². The van der Waals surface area contributed by atoms with E-state index < -0.39 is 54.0 Å². The van der Waals surface area contributed by atoms with Crippen LogP contribution in [0.25, 0.3) is 0 Å². The van der Waals surface area contributed by atoms with Gasteiger partial charge in [-0.3, -0.25) is 19.7 Å². The number of ether oxygens (including phenoxy) is 2. The highest BCUT2D eigenvalue weighted by Gasteiger charge is 2.39. The van der Waals surface area contributed by atoms with Gasteiger partial charge in [0.05, 0.1) is 19.1 Å². The molecule has 2 aliphatic rings. The minimum Gasteiger partial charge on any atom is -0.460 e. The lowest BCUT2D eigenvalue weighted by molar-refractivity contribution is -0.159. The summed E-state index contributed by atoms with van der Waals surface area (Å²) >= 11 is 0. The number of cyclic esters (lactones) is 1. The molecule has 15 nitrogen and oxygen atoms in total. The number of anilines is 1. The third kappa shape index (κ3) is 10.2. The molecule has 2 aliphatic heterocycles. The van der Waals surface area contributed by atoms with E-state index in [9.17, 15) is 29.1 Å². The molecular formula is C33H41N5O10. The van der Waals surface area contributed by atoms with E-state index in [1.54, 1.807) is 45.9 Å². The predicted octanol–water partition coefficient (Wildman–Crippen LogP) is 3.06. The van der Waals surface area contributed by atoms with Crippen LogP contribution in [0.4, 0.5) is 10.6 Å². The van der Waals surface area contributed by atoms with Gasteiger partial charge in [-0.1, -0.05) is 48.9 Å². The first kappa shape index (κ1) is 35.8. The van der Waals surface area contributed by atoms with Gasteiger partial charge in [-0.2, -0.15) is 0 Å². The summed E-state index contributed by atoms with van der Waals surface area (Å²) in [6.45, 7) is 7.23. The van der Waals surface area contributed by atoms with E-state index in [1.165, 1.54) is 23.1 Å². The van der Waals surface area contributed by atoms with E-state index in [-0.39, 0.29) is 55.7 Å². The van der Waals surface area contributed by atoms with Gasteiger partial charge in [-0.25, -0.2) is 14.6 Å². The average Bonchev–Trinajstić information content (AvgIpc) is 3.80. The first-order valence-corrected chi connectivity index (χ1v) is 15.7. The third-order valence-corrected chi connectivity index (χ3v) is 7.79. The number of nitrogens with one attached hydrogen (secondary N) is 2. The van der Waals surface area contributed by atoms with Crippen LogP contribution in [0, 0.1) is 18.8 Å². The topological polar surface area (TPSA) is 203 Å². The lowest BCUT2D eigenvalue weighted by Crippen LogP contribution is -2.44. The van der Waals surface area contributed by atoms with Crippen molar-refractivity contribution in [3.8, 4) is 0 Å². The van der Waals surface area contributed by atoms with Crippen LogP contribution in [-0.2, 0) is 30.3 Å². The number of amides is 3. The second-order valence-electron chi connectivity index (χ2n) is 12.0. The van der Waals surface area contributed by atoms with Crippen molar-refractivity contribution in [3.63, 3.8) is 0 Å². The van der Waals surface area contributed by atoms with Crippen molar-refractivity contribution in [2.45, 2.75) is 71.6 Å². The van der Waals surface area contributed by atoms with Crippen molar-refractivity contribution < 1.29 is 47.5 Å². The molecule has 2 aromatic heterocycles. The number of fused-ring (bicyclic) bond motifs is 3. The summed E-state index contributed by atoms with van der Waals surface area (Å²) in [6, 6.07) is 0.599. The second kappa shape index (κ2) is 16.7. The number of esters is 1. The molecule has 3 amide bonds. The number of Topliss-reactive ketones (excluding diaryl/α,β-unsaturated/α-hetero) is 1. The lowest BCUT2D eigenvalue weighted by atomic mass is 9.93. The molecule has 15 heteroatoms. The van der Waals surface area contributed by atoms with Crippen LogP contribution in [0.2, 0.25) is 0 Å². The van der Waals surface area contributed by atoms with Crippen molar-refractivity contribution in [2.24, 2.45) is 11.8 Å².